The Hall–Kier alpha value is -4.38. The number of nitriles is 1. The lowest BCUT2D eigenvalue weighted by molar-refractivity contribution is -0.138. The molecule has 0 heterocycles. The van der Waals surface area contributed by atoms with Crippen LogP contribution in [0.1, 0.15) is 22.3 Å². The topological polar surface area (TPSA) is 36.1 Å². The first-order valence-electron chi connectivity index (χ1n) is 10.7. The molecule has 0 atom stereocenters. The average Bonchev–Trinajstić information content (AvgIpc) is 3.15. The molecule has 0 N–H and O–H groups in total. The molecule has 0 unspecified atom stereocenters. The number of hydrogen-bond donors (Lipinski definition) is 0. The molecule has 4 aromatic rings. The fraction of sp³-hybridized carbons (Fsp3) is 0.0714. The molecule has 8 heteroatoms. The highest BCUT2D eigenvalue weighted by Crippen LogP contribution is 2.41. The van der Waals surface area contributed by atoms with Gasteiger partial charge in [0.2, 0.25) is 6.19 Å². The third-order valence-electron chi connectivity index (χ3n) is 6.09. The summed E-state index contributed by atoms with van der Waals surface area (Å²) in [6.45, 7) is 0. The third kappa shape index (κ3) is 4.13. The van der Waals surface area contributed by atoms with Gasteiger partial charge in [-0.2, -0.15) is 36.6 Å². The molecule has 0 saturated carbocycles. The van der Waals surface area contributed by atoms with E-state index < -0.39 is 23.5 Å². The molecule has 2 nitrogen and oxygen atoms in total. The number of hydrogen-bond acceptors (Lipinski definition) is 2. The third-order valence-corrected chi connectivity index (χ3v) is 6.09. The van der Waals surface area contributed by atoms with Crippen LogP contribution in [0.2, 0.25) is 0 Å². The Morgan fingerprint density at radius 1 is 0.500 bits per heavy atom. The van der Waals surface area contributed by atoms with E-state index in [-0.39, 0.29) is 0 Å². The maximum Gasteiger partial charge on any atom is 0.416 e. The molecule has 0 fully saturated rings. The second kappa shape index (κ2) is 8.38. The number of halogens is 6. The molecule has 0 radical (unpaired) electrons. The summed E-state index contributed by atoms with van der Waals surface area (Å²) in [5.74, 6) is 0. The molecule has 0 aromatic heterocycles. The van der Waals surface area contributed by atoms with Crippen molar-refractivity contribution in [2.45, 2.75) is 12.4 Å². The first kappa shape index (κ1) is 23.4. The van der Waals surface area contributed by atoms with Gasteiger partial charge in [0.1, 0.15) is 0 Å². The molecule has 0 aliphatic heterocycles. The highest BCUT2D eigenvalue weighted by molar-refractivity contribution is 6.25. The highest BCUT2D eigenvalue weighted by atomic mass is 19.4. The van der Waals surface area contributed by atoms with Crippen molar-refractivity contribution in [3.63, 3.8) is 0 Å². The summed E-state index contributed by atoms with van der Waals surface area (Å²) in [6.07, 6.45) is -7.07. The first-order chi connectivity index (χ1) is 17.1. The van der Waals surface area contributed by atoms with Gasteiger partial charge in [-0.1, -0.05) is 48.5 Å². The van der Waals surface area contributed by atoms with Crippen LogP contribution in [0.15, 0.2) is 89.9 Å². The van der Waals surface area contributed by atoms with Gasteiger partial charge in [0.05, 0.1) is 16.8 Å². The number of alkyl halides is 6. The molecule has 1 aliphatic carbocycles. The van der Waals surface area contributed by atoms with Crippen LogP contribution >= 0.6 is 0 Å². The second-order valence-corrected chi connectivity index (χ2v) is 8.23. The van der Waals surface area contributed by atoms with E-state index >= 15 is 0 Å². The van der Waals surface area contributed by atoms with Gasteiger partial charge >= 0.3 is 12.4 Å². The minimum Gasteiger partial charge on any atom is -0.172 e. The minimum atomic E-state index is -4.44. The van der Waals surface area contributed by atoms with Crippen molar-refractivity contribution in [1.82, 2.24) is 0 Å². The van der Waals surface area contributed by atoms with Gasteiger partial charge in [-0.3, -0.25) is 0 Å². The van der Waals surface area contributed by atoms with Crippen molar-refractivity contribution < 1.29 is 26.3 Å². The van der Waals surface area contributed by atoms with Gasteiger partial charge < -0.3 is 0 Å². The molecule has 0 amide bonds. The monoisotopic (exact) mass is 492 g/mol. The Morgan fingerprint density at radius 3 is 1.19 bits per heavy atom. The normalized spacial score (nSPS) is 12.6. The summed E-state index contributed by atoms with van der Waals surface area (Å²) < 4.78 is 77.5. The zero-order valence-electron chi connectivity index (χ0n) is 18.2. The lowest BCUT2D eigenvalue weighted by Gasteiger charge is -2.09. The van der Waals surface area contributed by atoms with Gasteiger partial charge in [-0.15, -0.1) is 0 Å². The number of nitrogens with zero attached hydrogens (tertiary/aromatic N) is 2. The summed E-state index contributed by atoms with van der Waals surface area (Å²) in [7, 11) is 0. The lowest BCUT2D eigenvalue weighted by Crippen LogP contribution is -2.04. The number of fused-ring (bicyclic) bond motifs is 3. The van der Waals surface area contributed by atoms with Crippen LogP contribution in [0.4, 0.5) is 26.3 Å². The van der Waals surface area contributed by atoms with Crippen molar-refractivity contribution in [2.24, 2.45) is 4.99 Å². The number of aliphatic imine (C=N–C) groups is 1. The van der Waals surface area contributed by atoms with Crippen LogP contribution < -0.4 is 0 Å². The Morgan fingerprint density at radius 2 is 0.861 bits per heavy atom. The van der Waals surface area contributed by atoms with Gasteiger partial charge in [-0.25, -0.2) is 0 Å². The van der Waals surface area contributed by atoms with E-state index in [1.165, 1.54) is 24.3 Å². The summed E-state index contributed by atoms with van der Waals surface area (Å²) in [6, 6.07) is 20.3. The summed E-state index contributed by atoms with van der Waals surface area (Å²) in [4.78, 5) is 3.99. The van der Waals surface area contributed by atoms with Crippen LogP contribution in [-0.2, 0) is 12.4 Å². The van der Waals surface area contributed by atoms with Gasteiger partial charge in [0, 0.05) is 11.1 Å². The largest absolute Gasteiger partial charge is 0.416 e. The minimum absolute atomic E-state index is 0.394. The van der Waals surface area contributed by atoms with E-state index in [1.54, 1.807) is 30.5 Å². The summed E-state index contributed by atoms with van der Waals surface area (Å²) >= 11 is 0. The number of benzene rings is 4. The fourth-order valence-electron chi connectivity index (χ4n) is 4.33. The second-order valence-electron chi connectivity index (χ2n) is 8.23. The van der Waals surface area contributed by atoms with Crippen LogP contribution in [0.25, 0.3) is 33.4 Å². The SMILES string of the molecule is N#CN=C1c2cc(-c3ccc(C(F)(F)F)cc3)ccc2-c2ccc(-c3ccc(C(F)(F)F)cc3)cc21. The molecular formula is C28H14F6N2. The predicted molar refractivity (Wildman–Crippen MR) is 124 cm³/mol. The molecule has 178 valence electrons. The molecule has 0 bridgehead atoms. The molecular weight excluding hydrogens is 478 g/mol. The van der Waals surface area contributed by atoms with Crippen molar-refractivity contribution in [3.8, 4) is 39.6 Å². The smallest absolute Gasteiger partial charge is 0.172 e. The Kier molecular flexibility index (Phi) is 5.44. The van der Waals surface area contributed by atoms with Crippen LogP contribution in [0.5, 0.6) is 0 Å². The van der Waals surface area contributed by atoms with Gasteiger partial charge in [-0.05, 0) is 69.8 Å². The van der Waals surface area contributed by atoms with E-state index in [0.717, 1.165) is 35.4 Å². The maximum atomic E-state index is 12.9. The summed E-state index contributed by atoms with van der Waals surface area (Å²) in [5, 5.41) is 9.31. The maximum absolute atomic E-state index is 12.9. The quantitative estimate of drug-likeness (QED) is 0.180. The van der Waals surface area contributed by atoms with Crippen LogP contribution in [0, 0.1) is 11.5 Å². The zero-order valence-corrected chi connectivity index (χ0v) is 18.2. The van der Waals surface area contributed by atoms with E-state index in [1.807, 2.05) is 12.1 Å². The van der Waals surface area contributed by atoms with Crippen molar-refractivity contribution in [2.75, 3.05) is 0 Å². The molecule has 5 rings (SSSR count). The van der Waals surface area contributed by atoms with Gasteiger partial charge in [0.15, 0.2) is 0 Å². The zero-order chi connectivity index (χ0) is 25.7. The van der Waals surface area contributed by atoms with Crippen molar-refractivity contribution in [3.05, 3.63) is 107 Å². The molecule has 0 spiro atoms. The van der Waals surface area contributed by atoms with Crippen LogP contribution in [0.3, 0.4) is 0 Å². The van der Waals surface area contributed by atoms with Crippen molar-refractivity contribution in [1.29, 1.82) is 5.26 Å². The molecule has 4 aromatic carbocycles. The standard InChI is InChI=1S/C28H14F6N2/c29-27(30,31)20-7-1-16(2-8-20)18-5-11-22-23-12-6-19(14-25(23)26(36-15-35)24(22)13-18)17-3-9-21(10-4-17)28(32,33)34/h1-14H. The molecule has 36 heavy (non-hydrogen) atoms. The van der Waals surface area contributed by atoms with E-state index in [2.05, 4.69) is 4.99 Å². The Bertz CT molecular complexity index is 1430. The highest BCUT2D eigenvalue weighted by Gasteiger charge is 2.31. The Labute approximate surface area is 201 Å². The summed E-state index contributed by atoms with van der Waals surface area (Å²) in [5.41, 5.74) is 4.25. The number of rotatable bonds is 2. The Balaban J connectivity index is 1.54. The van der Waals surface area contributed by atoms with E-state index in [4.69, 9.17) is 0 Å². The van der Waals surface area contributed by atoms with E-state index in [9.17, 15) is 31.6 Å². The first-order valence-corrected chi connectivity index (χ1v) is 10.7. The van der Waals surface area contributed by atoms with Crippen molar-refractivity contribution >= 4 is 5.71 Å². The lowest BCUT2D eigenvalue weighted by atomic mass is 9.97. The molecule has 0 saturated heterocycles. The average molecular weight is 492 g/mol. The molecule has 1 aliphatic rings. The van der Waals surface area contributed by atoms with Crippen LogP contribution in [-0.4, -0.2) is 5.71 Å². The predicted octanol–water partition coefficient (Wildman–Crippen LogP) is 8.36. The van der Waals surface area contributed by atoms with Gasteiger partial charge in [0.25, 0.3) is 0 Å². The fourth-order valence-corrected chi connectivity index (χ4v) is 4.33. The van der Waals surface area contributed by atoms with E-state index in [0.29, 0.717) is 39.1 Å².